The van der Waals surface area contributed by atoms with Crippen molar-refractivity contribution in [2.24, 2.45) is 0 Å². The molecule has 0 unspecified atom stereocenters. The second kappa shape index (κ2) is 6.26. The molecule has 1 rings (SSSR count). The Bertz CT molecular complexity index is 377. The summed E-state index contributed by atoms with van der Waals surface area (Å²) in [5, 5.41) is 3.60. The summed E-state index contributed by atoms with van der Waals surface area (Å²) in [4.78, 5) is 11.9. The molecule has 0 saturated heterocycles. The van der Waals surface area contributed by atoms with Crippen molar-refractivity contribution in [2.75, 3.05) is 0 Å². The Labute approximate surface area is 110 Å². The molecule has 1 N–H and O–H groups in total. The Morgan fingerprint density at radius 2 is 2.06 bits per heavy atom. The van der Waals surface area contributed by atoms with Crippen LogP contribution in [0.5, 0.6) is 0 Å². The zero-order valence-electron chi connectivity index (χ0n) is 9.39. The summed E-state index contributed by atoms with van der Waals surface area (Å²) < 4.78 is 0.725. The minimum Gasteiger partial charge on any atom is -0.349 e. The number of benzene rings is 1. The van der Waals surface area contributed by atoms with Crippen LogP contribution < -0.4 is 5.32 Å². The van der Waals surface area contributed by atoms with Crippen LogP contribution in [-0.2, 0) is 0 Å². The van der Waals surface area contributed by atoms with Gasteiger partial charge in [0.05, 0.1) is 5.56 Å². The van der Waals surface area contributed by atoms with Gasteiger partial charge in [0.1, 0.15) is 0 Å². The lowest BCUT2D eigenvalue weighted by molar-refractivity contribution is 0.0934. The van der Waals surface area contributed by atoms with E-state index in [1.807, 2.05) is 0 Å². The third-order valence-electron chi connectivity index (χ3n) is 2.50. The fourth-order valence-corrected chi connectivity index (χ4v) is 2.29. The fraction of sp³-hybridized carbons (Fsp3) is 0.417. The van der Waals surface area contributed by atoms with Gasteiger partial charge < -0.3 is 5.32 Å². The Morgan fingerprint density at radius 3 is 2.56 bits per heavy atom. The zero-order chi connectivity index (χ0) is 12.1. The molecule has 0 spiro atoms. The van der Waals surface area contributed by atoms with E-state index in [-0.39, 0.29) is 11.9 Å². The highest BCUT2D eigenvalue weighted by Crippen LogP contribution is 2.21. The standard InChI is InChI=1S/C12H15BrClNO/c1-3-9(4-2)15-12(16)10-6-5-8(14)7-11(10)13/h5-7,9H,3-4H2,1-2H3,(H,15,16). The van der Waals surface area contributed by atoms with Crippen molar-refractivity contribution >= 4 is 33.4 Å². The van der Waals surface area contributed by atoms with Crippen molar-refractivity contribution in [2.45, 2.75) is 32.7 Å². The van der Waals surface area contributed by atoms with Crippen molar-refractivity contribution in [3.05, 3.63) is 33.3 Å². The number of carbonyl (C=O) groups excluding carboxylic acids is 1. The summed E-state index contributed by atoms with van der Waals surface area (Å²) >= 11 is 9.16. The molecule has 2 nitrogen and oxygen atoms in total. The van der Waals surface area contributed by atoms with Gasteiger partial charge in [0.15, 0.2) is 0 Å². The monoisotopic (exact) mass is 303 g/mol. The molecule has 0 fully saturated rings. The normalized spacial score (nSPS) is 10.6. The molecule has 88 valence electrons. The number of halogens is 2. The minimum absolute atomic E-state index is 0.0581. The number of hydrogen-bond donors (Lipinski definition) is 1. The van der Waals surface area contributed by atoms with Crippen LogP contribution in [0.1, 0.15) is 37.0 Å². The van der Waals surface area contributed by atoms with Crippen LogP contribution in [0.4, 0.5) is 0 Å². The molecule has 16 heavy (non-hydrogen) atoms. The molecular formula is C12H15BrClNO. The van der Waals surface area contributed by atoms with Gasteiger partial charge in [0.2, 0.25) is 0 Å². The predicted octanol–water partition coefficient (Wildman–Crippen LogP) is 4.02. The Morgan fingerprint density at radius 1 is 1.44 bits per heavy atom. The van der Waals surface area contributed by atoms with E-state index in [0.717, 1.165) is 17.3 Å². The largest absolute Gasteiger partial charge is 0.349 e. The fourth-order valence-electron chi connectivity index (χ4n) is 1.43. The first-order valence-electron chi connectivity index (χ1n) is 5.34. The number of amides is 1. The summed E-state index contributed by atoms with van der Waals surface area (Å²) in [5.74, 6) is -0.0581. The molecule has 0 aromatic heterocycles. The number of carbonyl (C=O) groups is 1. The van der Waals surface area contributed by atoms with Gasteiger partial charge in [-0.2, -0.15) is 0 Å². The lowest BCUT2D eigenvalue weighted by Gasteiger charge is -2.15. The Kier molecular flexibility index (Phi) is 5.29. The Hall–Kier alpha value is -0.540. The molecule has 0 radical (unpaired) electrons. The maximum atomic E-state index is 11.9. The van der Waals surface area contributed by atoms with E-state index in [2.05, 4.69) is 35.1 Å². The summed E-state index contributed by atoms with van der Waals surface area (Å²) in [6.45, 7) is 4.12. The van der Waals surface area contributed by atoms with Crippen LogP contribution in [0.25, 0.3) is 0 Å². The second-order valence-electron chi connectivity index (χ2n) is 3.61. The lowest BCUT2D eigenvalue weighted by Crippen LogP contribution is -2.33. The van der Waals surface area contributed by atoms with Gasteiger partial charge >= 0.3 is 0 Å². The van der Waals surface area contributed by atoms with E-state index in [1.54, 1.807) is 18.2 Å². The van der Waals surface area contributed by atoms with Crippen LogP contribution in [0.3, 0.4) is 0 Å². The summed E-state index contributed by atoms with van der Waals surface area (Å²) in [6.07, 6.45) is 1.88. The quantitative estimate of drug-likeness (QED) is 0.894. The molecule has 0 aliphatic rings. The third kappa shape index (κ3) is 3.49. The number of nitrogens with one attached hydrogen (secondary N) is 1. The van der Waals surface area contributed by atoms with E-state index in [1.165, 1.54) is 0 Å². The van der Waals surface area contributed by atoms with E-state index in [9.17, 15) is 4.79 Å². The lowest BCUT2D eigenvalue weighted by atomic mass is 10.1. The van der Waals surface area contributed by atoms with Crippen molar-refractivity contribution in [1.29, 1.82) is 0 Å². The molecule has 1 amide bonds. The van der Waals surface area contributed by atoms with Gasteiger partial charge in [0.25, 0.3) is 5.91 Å². The predicted molar refractivity (Wildman–Crippen MR) is 71.0 cm³/mol. The highest BCUT2D eigenvalue weighted by molar-refractivity contribution is 9.10. The van der Waals surface area contributed by atoms with E-state index < -0.39 is 0 Å². The van der Waals surface area contributed by atoms with E-state index >= 15 is 0 Å². The number of rotatable bonds is 4. The first-order valence-corrected chi connectivity index (χ1v) is 6.51. The Balaban J connectivity index is 2.80. The van der Waals surface area contributed by atoms with Crippen LogP contribution in [0.2, 0.25) is 5.02 Å². The molecule has 4 heteroatoms. The van der Waals surface area contributed by atoms with E-state index in [0.29, 0.717) is 10.6 Å². The van der Waals surface area contributed by atoms with Crippen LogP contribution in [0, 0.1) is 0 Å². The smallest absolute Gasteiger partial charge is 0.252 e. The van der Waals surface area contributed by atoms with Crippen molar-refractivity contribution in [1.82, 2.24) is 5.32 Å². The van der Waals surface area contributed by atoms with E-state index in [4.69, 9.17) is 11.6 Å². The average molecular weight is 305 g/mol. The molecule has 0 aliphatic carbocycles. The maximum absolute atomic E-state index is 11.9. The van der Waals surface area contributed by atoms with Crippen LogP contribution in [-0.4, -0.2) is 11.9 Å². The molecule has 0 saturated carbocycles. The molecule has 0 atom stereocenters. The van der Waals surface area contributed by atoms with Gasteiger partial charge in [0, 0.05) is 15.5 Å². The molecule has 0 bridgehead atoms. The second-order valence-corrected chi connectivity index (χ2v) is 4.90. The first-order chi connectivity index (χ1) is 7.58. The molecular weight excluding hydrogens is 289 g/mol. The number of hydrogen-bond acceptors (Lipinski definition) is 1. The van der Waals surface area contributed by atoms with Gasteiger partial charge in [-0.25, -0.2) is 0 Å². The third-order valence-corrected chi connectivity index (χ3v) is 3.39. The highest BCUT2D eigenvalue weighted by Gasteiger charge is 2.13. The van der Waals surface area contributed by atoms with Gasteiger partial charge in [-0.05, 0) is 47.0 Å². The van der Waals surface area contributed by atoms with Crippen molar-refractivity contribution in [3.8, 4) is 0 Å². The summed E-state index contributed by atoms with van der Waals surface area (Å²) in [7, 11) is 0. The van der Waals surface area contributed by atoms with Crippen molar-refractivity contribution in [3.63, 3.8) is 0 Å². The SMILES string of the molecule is CCC(CC)NC(=O)c1ccc(Cl)cc1Br. The van der Waals surface area contributed by atoms with Crippen molar-refractivity contribution < 1.29 is 4.79 Å². The average Bonchev–Trinajstić information content (AvgIpc) is 2.25. The van der Waals surface area contributed by atoms with Gasteiger partial charge in [-0.3, -0.25) is 4.79 Å². The minimum atomic E-state index is -0.0581. The van der Waals surface area contributed by atoms with Crippen LogP contribution in [0.15, 0.2) is 22.7 Å². The highest BCUT2D eigenvalue weighted by atomic mass is 79.9. The van der Waals surface area contributed by atoms with Crippen LogP contribution >= 0.6 is 27.5 Å². The first kappa shape index (κ1) is 13.5. The van der Waals surface area contributed by atoms with Gasteiger partial charge in [-0.15, -0.1) is 0 Å². The van der Waals surface area contributed by atoms with Gasteiger partial charge in [-0.1, -0.05) is 25.4 Å². The molecule has 1 aromatic carbocycles. The topological polar surface area (TPSA) is 29.1 Å². The molecule has 1 aromatic rings. The summed E-state index contributed by atoms with van der Waals surface area (Å²) in [6, 6.07) is 5.40. The maximum Gasteiger partial charge on any atom is 0.252 e. The zero-order valence-corrected chi connectivity index (χ0v) is 11.7. The summed E-state index contributed by atoms with van der Waals surface area (Å²) in [5.41, 5.74) is 0.622. The molecule has 0 heterocycles. The molecule has 0 aliphatic heterocycles.